The zero-order valence-corrected chi connectivity index (χ0v) is 13.4. The first-order chi connectivity index (χ1) is 8.03. The average Bonchev–Trinajstić information content (AvgIpc) is 2.61. The molecule has 98 valence electrons. The molecule has 0 saturated carbocycles. The van der Waals surface area contributed by atoms with Crippen molar-refractivity contribution in [3.63, 3.8) is 0 Å². The molecule has 0 bridgehead atoms. The minimum atomic E-state index is 0.341. The van der Waals surface area contributed by atoms with Crippen LogP contribution in [0.4, 0.5) is 0 Å². The van der Waals surface area contributed by atoms with Gasteiger partial charge in [0, 0.05) is 17.6 Å². The van der Waals surface area contributed by atoms with E-state index in [1.807, 2.05) is 0 Å². The van der Waals surface area contributed by atoms with E-state index in [0.29, 0.717) is 5.41 Å². The van der Waals surface area contributed by atoms with E-state index < -0.39 is 0 Å². The molecule has 17 heavy (non-hydrogen) atoms. The minimum Gasteiger partial charge on any atom is -0.269 e. The normalized spacial score (nSPS) is 12.1. The van der Waals surface area contributed by atoms with Gasteiger partial charge in [-0.15, -0.1) is 0 Å². The summed E-state index contributed by atoms with van der Waals surface area (Å²) in [6, 6.07) is 0. The molecule has 1 heterocycles. The van der Waals surface area contributed by atoms with Crippen molar-refractivity contribution < 1.29 is 0 Å². The van der Waals surface area contributed by atoms with E-state index in [1.54, 1.807) is 0 Å². The van der Waals surface area contributed by atoms with Crippen LogP contribution in [-0.4, -0.2) is 15.1 Å². The highest BCUT2D eigenvalue weighted by Gasteiger charge is 2.27. The number of alkyl halides is 1. The van der Waals surface area contributed by atoms with Crippen molar-refractivity contribution in [3.8, 4) is 0 Å². The molecular weight excluding hydrogens is 276 g/mol. The van der Waals surface area contributed by atoms with Gasteiger partial charge in [0.25, 0.3) is 0 Å². The lowest BCUT2D eigenvalue weighted by atomic mass is 9.84. The fraction of sp³-hybridized carbons (Fsp3) is 0.786. The monoisotopic (exact) mass is 300 g/mol. The fourth-order valence-electron chi connectivity index (χ4n) is 2.42. The van der Waals surface area contributed by atoms with Gasteiger partial charge in [0.2, 0.25) is 0 Å². The lowest BCUT2D eigenvalue weighted by Crippen LogP contribution is -2.28. The molecule has 2 nitrogen and oxygen atoms in total. The number of rotatable bonds is 6. The summed E-state index contributed by atoms with van der Waals surface area (Å²) < 4.78 is 2.21. The number of hydrogen-bond acceptors (Lipinski definition) is 1. The molecule has 1 rings (SSSR count). The standard InChI is InChI=1S/C14H25BrN2/c1-6-13-11(4)16-17(12(13)5)10-14(7-2,8-3)9-15/h6-10H2,1-5H3. The van der Waals surface area contributed by atoms with Crippen LogP contribution in [0.3, 0.4) is 0 Å². The summed E-state index contributed by atoms with van der Waals surface area (Å²) in [4.78, 5) is 0. The molecule has 0 unspecified atom stereocenters. The summed E-state index contributed by atoms with van der Waals surface area (Å²) in [6.07, 6.45) is 3.46. The van der Waals surface area contributed by atoms with E-state index >= 15 is 0 Å². The number of hydrogen-bond donors (Lipinski definition) is 0. The van der Waals surface area contributed by atoms with Gasteiger partial charge < -0.3 is 0 Å². The molecule has 3 heteroatoms. The maximum atomic E-state index is 4.71. The van der Waals surface area contributed by atoms with Crippen molar-refractivity contribution >= 4 is 15.9 Å². The Morgan fingerprint density at radius 1 is 1.18 bits per heavy atom. The van der Waals surface area contributed by atoms with Gasteiger partial charge in [0.05, 0.1) is 5.69 Å². The van der Waals surface area contributed by atoms with Gasteiger partial charge in [-0.2, -0.15) is 5.10 Å². The molecule has 0 radical (unpaired) electrons. The van der Waals surface area contributed by atoms with Crippen molar-refractivity contribution in [1.29, 1.82) is 0 Å². The Morgan fingerprint density at radius 3 is 2.12 bits per heavy atom. The molecule has 1 aromatic rings. The Kier molecular flexibility index (Phi) is 5.23. The molecule has 0 spiro atoms. The first kappa shape index (κ1) is 14.7. The topological polar surface area (TPSA) is 17.8 Å². The van der Waals surface area contributed by atoms with Gasteiger partial charge in [0.1, 0.15) is 0 Å². The highest BCUT2D eigenvalue weighted by atomic mass is 79.9. The number of aromatic nitrogens is 2. The predicted octanol–water partition coefficient (Wildman–Crippen LogP) is 4.26. The fourth-order valence-corrected chi connectivity index (χ4v) is 3.39. The maximum Gasteiger partial charge on any atom is 0.0628 e. The van der Waals surface area contributed by atoms with Crippen LogP contribution in [0.25, 0.3) is 0 Å². The predicted molar refractivity (Wildman–Crippen MR) is 77.9 cm³/mol. The van der Waals surface area contributed by atoms with Crippen LogP contribution >= 0.6 is 15.9 Å². The molecule has 0 aromatic carbocycles. The van der Waals surface area contributed by atoms with Crippen molar-refractivity contribution in [2.45, 2.75) is 60.4 Å². The van der Waals surface area contributed by atoms with E-state index in [2.05, 4.69) is 55.2 Å². The quantitative estimate of drug-likeness (QED) is 0.718. The van der Waals surface area contributed by atoms with Crippen LogP contribution in [0, 0.1) is 19.3 Å². The summed E-state index contributed by atoms with van der Waals surface area (Å²) in [6.45, 7) is 12.1. The third-order valence-corrected chi connectivity index (χ3v) is 5.34. The Balaban J connectivity index is 3.02. The molecule has 0 aliphatic rings. The molecular formula is C14H25BrN2. The molecule has 0 atom stereocenters. The van der Waals surface area contributed by atoms with Gasteiger partial charge in [-0.1, -0.05) is 36.7 Å². The van der Waals surface area contributed by atoms with Crippen molar-refractivity contribution in [1.82, 2.24) is 9.78 Å². The summed E-state index contributed by atoms with van der Waals surface area (Å²) in [5.41, 5.74) is 4.30. The molecule has 0 aliphatic carbocycles. The van der Waals surface area contributed by atoms with Crippen LogP contribution in [0.5, 0.6) is 0 Å². The second-order valence-corrected chi connectivity index (χ2v) is 5.56. The van der Waals surface area contributed by atoms with Gasteiger partial charge in [-0.05, 0) is 44.1 Å². The average molecular weight is 301 g/mol. The number of halogens is 1. The minimum absolute atomic E-state index is 0.341. The molecule has 0 saturated heterocycles. The third kappa shape index (κ3) is 2.93. The van der Waals surface area contributed by atoms with E-state index in [4.69, 9.17) is 5.10 Å². The first-order valence-corrected chi connectivity index (χ1v) is 7.74. The van der Waals surface area contributed by atoms with Gasteiger partial charge in [0.15, 0.2) is 0 Å². The van der Waals surface area contributed by atoms with Crippen molar-refractivity contribution in [3.05, 3.63) is 17.0 Å². The molecule has 0 N–H and O–H groups in total. The number of aryl methyl sites for hydroxylation is 1. The second kappa shape index (κ2) is 6.03. The van der Waals surface area contributed by atoms with Crippen LogP contribution < -0.4 is 0 Å². The van der Waals surface area contributed by atoms with Crippen LogP contribution in [0.1, 0.15) is 50.6 Å². The Bertz CT molecular complexity index is 356. The molecule has 1 aromatic heterocycles. The first-order valence-electron chi connectivity index (χ1n) is 6.62. The highest BCUT2D eigenvalue weighted by molar-refractivity contribution is 9.09. The maximum absolute atomic E-state index is 4.71. The Morgan fingerprint density at radius 2 is 1.76 bits per heavy atom. The highest BCUT2D eigenvalue weighted by Crippen LogP contribution is 2.31. The van der Waals surface area contributed by atoms with E-state index in [0.717, 1.165) is 18.3 Å². The molecule has 0 aliphatic heterocycles. The van der Waals surface area contributed by atoms with Crippen molar-refractivity contribution in [2.24, 2.45) is 5.41 Å². The molecule has 0 amide bonds. The van der Waals surface area contributed by atoms with E-state index in [9.17, 15) is 0 Å². The van der Waals surface area contributed by atoms with Gasteiger partial charge in [-0.3, -0.25) is 4.68 Å². The summed E-state index contributed by atoms with van der Waals surface area (Å²) in [5.74, 6) is 0. The SMILES string of the molecule is CCc1c(C)nn(CC(CC)(CC)CBr)c1C. The van der Waals surface area contributed by atoms with Gasteiger partial charge in [-0.25, -0.2) is 0 Å². The van der Waals surface area contributed by atoms with Crippen molar-refractivity contribution in [2.75, 3.05) is 5.33 Å². The zero-order valence-electron chi connectivity index (χ0n) is 11.8. The van der Waals surface area contributed by atoms with Gasteiger partial charge >= 0.3 is 0 Å². The van der Waals surface area contributed by atoms with Crippen LogP contribution in [0.2, 0.25) is 0 Å². The summed E-state index contributed by atoms with van der Waals surface area (Å²) in [7, 11) is 0. The Hall–Kier alpha value is -0.310. The summed E-state index contributed by atoms with van der Waals surface area (Å²) in [5, 5.41) is 5.75. The zero-order chi connectivity index (χ0) is 13.1. The lowest BCUT2D eigenvalue weighted by molar-refractivity contribution is 0.245. The van der Waals surface area contributed by atoms with E-state index in [1.165, 1.54) is 29.8 Å². The third-order valence-electron chi connectivity index (χ3n) is 4.15. The van der Waals surface area contributed by atoms with Crippen LogP contribution in [0.15, 0.2) is 0 Å². The smallest absolute Gasteiger partial charge is 0.0628 e. The second-order valence-electron chi connectivity index (χ2n) is 5.00. The molecule has 0 fully saturated rings. The summed E-state index contributed by atoms with van der Waals surface area (Å²) >= 11 is 3.68. The lowest BCUT2D eigenvalue weighted by Gasteiger charge is -2.29. The Labute approximate surface area is 114 Å². The largest absolute Gasteiger partial charge is 0.269 e. The number of nitrogens with zero attached hydrogens (tertiary/aromatic N) is 2. The van der Waals surface area contributed by atoms with Crippen LogP contribution in [-0.2, 0) is 13.0 Å². The van der Waals surface area contributed by atoms with E-state index in [-0.39, 0.29) is 0 Å².